The van der Waals surface area contributed by atoms with Crippen LogP contribution < -0.4 is 0 Å². The van der Waals surface area contributed by atoms with Crippen molar-refractivity contribution in [3.05, 3.63) is 0 Å². The Balaban J connectivity index is 3.26. The number of hydrogen-bond acceptors (Lipinski definition) is 1. The van der Waals surface area contributed by atoms with Gasteiger partial charge in [0.1, 0.15) is 13.6 Å². The molecule has 0 aliphatic heterocycles. The van der Waals surface area contributed by atoms with Crippen LogP contribution in [0.3, 0.4) is 0 Å². The fourth-order valence-corrected chi connectivity index (χ4v) is 0. The molecule has 1 unspecified atom stereocenters. The van der Waals surface area contributed by atoms with E-state index in [1.54, 1.807) is 0 Å². The third-order valence-electron chi connectivity index (χ3n) is 0.388. The van der Waals surface area contributed by atoms with Gasteiger partial charge in [0, 0.05) is 0 Å². The Morgan fingerprint density at radius 1 is 2.00 bits per heavy atom. The van der Waals surface area contributed by atoms with E-state index in [4.69, 9.17) is 19.4 Å². The Labute approximate surface area is 43.1 Å². The number of carbonyl (C=O) groups excluding carboxylic acids is 1. The molecule has 0 N–H and O–H groups in total. The van der Waals surface area contributed by atoms with Crippen molar-refractivity contribution < 1.29 is 4.79 Å². The van der Waals surface area contributed by atoms with Gasteiger partial charge in [0.25, 0.3) is 0 Å². The van der Waals surface area contributed by atoms with E-state index in [0.717, 1.165) is 0 Å². The molecule has 0 fully saturated rings. The van der Waals surface area contributed by atoms with Crippen molar-refractivity contribution in [2.24, 2.45) is 0 Å². The zero-order valence-corrected chi connectivity index (χ0v) is 4.20. The third kappa shape index (κ3) is 2.27. The normalized spacial score (nSPS) is 13.7. The summed E-state index contributed by atoms with van der Waals surface area (Å²) < 4.78 is 0. The van der Waals surface area contributed by atoms with Crippen molar-refractivity contribution in [1.82, 2.24) is 0 Å². The van der Waals surface area contributed by atoms with Crippen LogP contribution in [0.25, 0.3) is 0 Å². The number of Topliss-reactive ketones (excluding diaryl/α,β-unsaturated/α-hetero) is 1. The number of hydrogen-bond donors (Lipinski definition) is 0. The van der Waals surface area contributed by atoms with Crippen LogP contribution in [-0.4, -0.2) is 18.9 Å². The maximum atomic E-state index is 9.89. The monoisotopic (exact) mass is 102 g/mol. The van der Waals surface area contributed by atoms with Crippen LogP contribution in [0.1, 0.15) is 6.92 Å². The minimum atomic E-state index is -0.815. The molecule has 0 amide bonds. The number of alkyl halides is 1. The summed E-state index contributed by atoms with van der Waals surface area (Å²) >= 11 is 5.04. The van der Waals surface area contributed by atoms with Gasteiger partial charge in [-0.3, -0.25) is 4.79 Å². The van der Waals surface area contributed by atoms with E-state index >= 15 is 0 Å². The quantitative estimate of drug-likeness (QED) is 0.344. The SMILES string of the molecule is [B]C(Cl)C(C)=O. The molecule has 0 spiro atoms. The molecule has 0 aliphatic carbocycles. The molecule has 0 aromatic rings. The number of halogens is 1. The Kier molecular flexibility index (Phi) is 2.25. The Morgan fingerprint density at radius 3 is 2.17 bits per heavy atom. The second-order valence-corrected chi connectivity index (χ2v) is 1.48. The van der Waals surface area contributed by atoms with Gasteiger partial charge in [-0.15, -0.1) is 11.6 Å². The first-order valence-corrected chi connectivity index (χ1v) is 1.98. The second-order valence-electron chi connectivity index (χ2n) is 1.01. The maximum absolute atomic E-state index is 9.89. The first kappa shape index (κ1) is 6.02. The molecule has 0 saturated carbocycles. The smallest absolute Gasteiger partial charge is 0.138 e. The fraction of sp³-hybridized carbons (Fsp3) is 0.667. The van der Waals surface area contributed by atoms with Crippen LogP contribution in [0.4, 0.5) is 0 Å². The van der Waals surface area contributed by atoms with E-state index in [1.165, 1.54) is 6.92 Å². The van der Waals surface area contributed by atoms with Crippen molar-refractivity contribution >= 4 is 25.2 Å². The van der Waals surface area contributed by atoms with E-state index in [9.17, 15) is 4.79 Å². The zero-order chi connectivity index (χ0) is 5.15. The van der Waals surface area contributed by atoms with Crippen molar-refractivity contribution in [3.63, 3.8) is 0 Å². The van der Waals surface area contributed by atoms with Crippen molar-refractivity contribution in [3.8, 4) is 0 Å². The molecular formula is C3H4BClO. The summed E-state index contributed by atoms with van der Waals surface area (Å²) in [4.78, 5) is 9.89. The van der Waals surface area contributed by atoms with Gasteiger partial charge >= 0.3 is 0 Å². The Bertz CT molecular complexity index is 61.8. The molecule has 1 nitrogen and oxygen atoms in total. The summed E-state index contributed by atoms with van der Waals surface area (Å²) in [6.07, 6.45) is 0. The van der Waals surface area contributed by atoms with E-state index in [-0.39, 0.29) is 5.78 Å². The largest absolute Gasteiger partial charge is 0.299 e. The highest BCUT2D eigenvalue weighted by Crippen LogP contribution is 1.86. The maximum Gasteiger partial charge on any atom is 0.138 e. The topological polar surface area (TPSA) is 17.1 Å². The lowest BCUT2D eigenvalue weighted by molar-refractivity contribution is -0.115. The van der Waals surface area contributed by atoms with Crippen LogP contribution in [0.5, 0.6) is 0 Å². The lowest BCUT2D eigenvalue weighted by atomic mass is 10.0. The molecule has 0 heterocycles. The molecule has 0 bridgehead atoms. The first-order valence-electron chi connectivity index (χ1n) is 1.54. The molecule has 32 valence electrons. The standard InChI is InChI=1S/C3H4BClO/c1-2(6)3(4)5/h3H,1H3. The lowest BCUT2D eigenvalue weighted by Gasteiger charge is -1.88. The number of carbonyl (C=O) groups is 1. The molecule has 0 saturated heterocycles. The van der Waals surface area contributed by atoms with Crippen LogP contribution in [0, 0.1) is 0 Å². The molecule has 0 aromatic heterocycles. The highest BCUT2D eigenvalue weighted by molar-refractivity contribution is 6.50. The zero-order valence-electron chi connectivity index (χ0n) is 3.44. The highest BCUT2D eigenvalue weighted by atomic mass is 35.5. The van der Waals surface area contributed by atoms with Crippen molar-refractivity contribution in [1.29, 1.82) is 0 Å². The van der Waals surface area contributed by atoms with Crippen molar-refractivity contribution in [2.45, 2.75) is 12.2 Å². The predicted octanol–water partition coefficient (Wildman–Crippen LogP) is 0.309. The lowest BCUT2D eigenvalue weighted by Crippen LogP contribution is -2.08. The van der Waals surface area contributed by atoms with E-state index in [0.29, 0.717) is 0 Å². The first-order chi connectivity index (χ1) is 2.64. The van der Waals surface area contributed by atoms with Gasteiger partial charge in [0.05, 0.1) is 5.28 Å². The van der Waals surface area contributed by atoms with Gasteiger partial charge < -0.3 is 0 Å². The van der Waals surface area contributed by atoms with Crippen LogP contribution in [-0.2, 0) is 4.79 Å². The van der Waals surface area contributed by atoms with Crippen LogP contribution in [0.15, 0.2) is 0 Å². The highest BCUT2D eigenvalue weighted by Gasteiger charge is 1.97. The van der Waals surface area contributed by atoms with Gasteiger partial charge in [-0.25, -0.2) is 0 Å². The number of ketones is 1. The van der Waals surface area contributed by atoms with Gasteiger partial charge in [0.15, 0.2) is 0 Å². The van der Waals surface area contributed by atoms with E-state index in [2.05, 4.69) is 0 Å². The minimum Gasteiger partial charge on any atom is -0.299 e. The minimum absolute atomic E-state index is 0.198. The molecule has 0 aromatic carbocycles. The van der Waals surface area contributed by atoms with Gasteiger partial charge in [-0.05, 0) is 6.92 Å². The second kappa shape index (κ2) is 2.24. The van der Waals surface area contributed by atoms with Gasteiger partial charge in [-0.1, -0.05) is 0 Å². The van der Waals surface area contributed by atoms with Crippen LogP contribution >= 0.6 is 11.6 Å². The fourth-order valence-electron chi connectivity index (χ4n) is 0. The van der Waals surface area contributed by atoms with E-state index < -0.39 is 5.28 Å². The molecule has 0 rings (SSSR count). The molecule has 0 aliphatic rings. The Morgan fingerprint density at radius 2 is 2.17 bits per heavy atom. The summed E-state index contributed by atoms with van der Waals surface area (Å²) in [5.41, 5.74) is 0. The summed E-state index contributed by atoms with van der Waals surface area (Å²) in [7, 11) is 4.85. The average molecular weight is 102 g/mol. The molecule has 1 atom stereocenters. The molecule has 6 heavy (non-hydrogen) atoms. The predicted molar refractivity (Wildman–Crippen MR) is 26.1 cm³/mol. The Hall–Kier alpha value is 0.0249. The summed E-state index contributed by atoms with van der Waals surface area (Å²) in [5, 5.41) is -0.815. The molecular weight excluding hydrogens is 98.3 g/mol. The molecule has 2 radical (unpaired) electrons. The van der Waals surface area contributed by atoms with Crippen LogP contribution in [0.2, 0.25) is 0 Å². The molecule has 3 heteroatoms. The van der Waals surface area contributed by atoms with Crippen molar-refractivity contribution in [2.75, 3.05) is 0 Å². The van der Waals surface area contributed by atoms with E-state index in [1.807, 2.05) is 0 Å². The third-order valence-corrected chi connectivity index (χ3v) is 0.696. The number of rotatable bonds is 1. The van der Waals surface area contributed by atoms with Gasteiger partial charge in [0.2, 0.25) is 0 Å². The summed E-state index contributed by atoms with van der Waals surface area (Å²) in [6, 6.07) is 0. The summed E-state index contributed by atoms with van der Waals surface area (Å²) in [5.74, 6) is -0.198. The summed E-state index contributed by atoms with van der Waals surface area (Å²) in [6.45, 7) is 1.34. The average Bonchev–Trinajstić information content (AvgIpc) is 1.36. The van der Waals surface area contributed by atoms with Gasteiger partial charge in [-0.2, -0.15) is 0 Å².